The first-order valence-corrected chi connectivity index (χ1v) is 6.89. The average molecular weight is 279 g/mol. The highest BCUT2D eigenvalue weighted by Gasteiger charge is 2.44. The molecule has 0 spiro atoms. The zero-order valence-electron chi connectivity index (χ0n) is 12.1. The molecule has 1 aromatic heterocycles. The van der Waals surface area contributed by atoms with Crippen molar-refractivity contribution >= 4 is 11.9 Å². The van der Waals surface area contributed by atoms with Gasteiger partial charge in [-0.2, -0.15) is 5.10 Å². The van der Waals surface area contributed by atoms with Crippen LogP contribution < -0.4 is 5.32 Å². The molecule has 2 rings (SSSR count). The third-order valence-electron chi connectivity index (χ3n) is 4.48. The lowest BCUT2D eigenvalue weighted by molar-refractivity contribution is -0.151. The molecule has 6 heteroatoms. The van der Waals surface area contributed by atoms with E-state index in [-0.39, 0.29) is 11.9 Å². The van der Waals surface area contributed by atoms with Gasteiger partial charge in [-0.3, -0.25) is 14.3 Å². The summed E-state index contributed by atoms with van der Waals surface area (Å²) in [7, 11) is 1.77. The molecular formula is C14H21N3O3. The zero-order chi connectivity index (χ0) is 14.9. The van der Waals surface area contributed by atoms with E-state index >= 15 is 0 Å². The summed E-state index contributed by atoms with van der Waals surface area (Å²) in [4.78, 5) is 23.8. The van der Waals surface area contributed by atoms with Gasteiger partial charge in [0.15, 0.2) is 0 Å². The number of carboxylic acids is 1. The van der Waals surface area contributed by atoms with Gasteiger partial charge in [0.05, 0.1) is 17.2 Å². The second kappa shape index (κ2) is 5.26. The number of aryl methyl sites for hydroxylation is 1. The van der Waals surface area contributed by atoms with Crippen LogP contribution in [-0.2, 0) is 11.8 Å². The molecule has 2 N–H and O–H groups in total. The SMILES string of the molecule is Cc1c(C(=O)NC2CCCCC2(C)C(=O)O)cnn1C. The fourth-order valence-corrected chi connectivity index (χ4v) is 2.78. The molecule has 1 aliphatic rings. The van der Waals surface area contributed by atoms with Gasteiger partial charge in [0, 0.05) is 18.8 Å². The van der Waals surface area contributed by atoms with Crippen LogP contribution in [0.25, 0.3) is 0 Å². The first kappa shape index (κ1) is 14.6. The van der Waals surface area contributed by atoms with Crippen LogP contribution in [0.5, 0.6) is 0 Å². The van der Waals surface area contributed by atoms with E-state index in [1.807, 2.05) is 6.92 Å². The monoisotopic (exact) mass is 279 g/mol. The van der Waals surface area contributed by atoms with E-state index in [0.29, 0.717) is 18.4 Å². The van der Waals surface area contributed by atoms with Crippen LogP contribution in [-0.4, -0.2) is 32.8 Å². The van der Waals surface area contributed by atoms with Crippen molar-refractivity contribution in [1.82, 2.24) is 15.1 Å². The zero-order valence-corrected chi connectivity index (χ0v) is 12.1. The van der Waals surface area contributed by atoms with Crippen molar-refractivity contribution in [3.05, 3.63) is 17.5 Å². The molecule has 1 heterocycles. The molecule has 0 bridgehead atoms. The molecule has 0 radical (unpaired) electrons. The van der Waals surface area contributed by atoms with Crippen LogP contribution in [0.3, 0.4) is 0 Å². The molecule has 2 unspecified atom stereocenters. The summed E-state index contributed by atoms with van der Waals surface area (Å²) in [6, 6.07) is -0.333. The Labute approximate surface area is 118 Å². The minimum Gasteiger partial charge on any atom is -0.481 e. The van der Waals surface area contributed by atoms with Crippen molar-refractivity contribution < 1.29 is 14.7 Å². The summed E-state index contributed by atoms with van der Waals surface area (Å²) >= 11 is 0. The van der Waals surface area contributed by atoms with Crippen molar-refractivity contribution in [3.8, 4) is 0 Å². The minimum atomic E-state index is -0.885. The number of carboxylic acid groups (broad SMARTS) is 1. The molecule has 0 saturated heterocycles. The molecule has 20 heavy (non-hydrogen) atoms. The Hall–Kier alpha value is -1.85. The lowest BCUT2D eigenvalue weighted by Gasteiger charge is -2.38. The quantitative estimate of drug-likeness (QED) is 0.878. The predicted octanol–water partition coefficient (Wildman–Crippen LogP) is 1.49. The maximum atomic E-state index is 12.3. The van der Waals surface area contributed by atoms with Gasteiger partial charge in [-0.1, -0.05) is 12.8 Å². The molecule has 0 aliphatic heterocycles. The second-order valence-electron chi connectivity index (χ2n) is 5.76. The van der Waals surface area contributed by atoms with Gasteiger partial charge in [-0.15, -0.1) is 0 Å². The molecule has 0 aromatic carbocycles. The summed E-state index contributed by atoms with van der Waals surface area (Å²) in [5, 5.41) is 16.4. The molecule has 1 saturated carbocycles. The fourth-order valence-electron chi connectivity index (χ4n) is 2.78. The van der Waals surface area contributed by atoms with Crippen molar-refractivity contribution in [2.75, 3.05) is 0 Å². The summed E-state index contributed by atoms with van der Waals surface area (Å²) < 4.78 is 1.63. The fraction of sp³-hybridized carbons (Fsp3) is 0.643. The van der Waals surface area contributed by atoms with Gasteiger partial charge < -0.3 is 10.4 Å². The van der Waals surface area contributed by atoms with Crippen molar-refractivity contribution in [1.29, 1.82) is 0 Å². The molecule has 1 amide bonds. The van der Waals surface area contributed by atoms with Crippen LogP contribution in [0.4, 0.5) is 0 Å². The van der Waals surface area contributed by atoms with E-state index in [9.17, 15) is 14.7 Å². The standard InChI is InChI=1S/C14H21N3O3/c1-9-10(8-15-17(9)3)12(18)16-11-6-4-5-7-14(11,2)13(19)20/h8,11H,4-7H2,1-3H3,(H,16,18)(H,19,20). The Kier molecular flexibility index (Phi) is 3.83. The number of carbonyl (C=O) groups excluding carboxylic acids is 1. The summed E-state index contributed by atoms with van der Waals surface area (Å²) in [6.45, 7) is 3.54. The first-order chi connectivity index (χ1) is 9.36. The van der Waals surface area contributed by atoms with Gasteiger partial charge in [-0.25, -0.2) is 0 Å². The first-order valence-electron chi connectivity index (χ1n) is 6.89. The molecule has 1 aliphatic carbocycles. The highest BCUT2D eigenvalue weighted by molar-refractivity contribution is 5.95. The van der Waals surface area contributed by atoms with Gasteiger partial charge in [0.25, 0.3) is 5.91 Å². The second-order valence-corrected chi connectivity index (χ2v) is 5.76. The number of amides is 1. The van der Waals surface area contributed by atoms with E-state index in [1.165, 1.54) is 6.20 Å². The lowest BCUT2D eigenvalue weighted by Crippen LogP contribution is -2.52. The van der Waals surface area contributed by atoms with Crippen LogP contribution in [0.1, 0.15) is 48.7 Å². The van der Waals surface area contributed by atoms with Crippen LogP contribution in [0.2, 0.25) is 0 Å². The number of aliphatic carboxylic acids is 1. The topological polar surface area (TPSA) is 84.2 Å². The number of rotatable bonds is 3. The summed E-state index contributed by atoms with van der Waals surface area (Å²) in [5.41, 5.74) is 0.394. The van der Waals surface area contributed by atoms with Crippen molar-refractivity contribution in [2.45, 2.75) is 45.6 Å². The molecular weight excluding hydrogens is 258 g/mol. The van der Waals surface area contributed by atoms with Gasteiger partial charge in [0.2, 0.25) is 0 Å². The number of nitrogens with one attached hydrogen (secondary N) is 1. The Morgan fingerprint density at radius 2 is 2.20 bits per heavy atom. The average Bonchev–Trinajstić information content (AvgIpc) is 2.73. The number of aromatic nitrogens is 2. The number of nitrogens with zero attached hydrogens (tertiary/aromatic N) is 2. The van der Waals surface area contributed by atoms with Crippen molar-refractivity contribution in [2.24, 2.45) is 12.5 Å². The maximum Gasteiger partial charge on any atom is 0.311 e. The predicted molar refractivity (Wildman–Crippen MR) is 73.4 cm³/mol. The molecule has 1 fully saturated rings. The number of hydrogen-bond acceptors (Lipinski definition) is 3. The minimum absolute atomic E-state index is 0.241. The smallest absolute Gasteiger partial charge is 0.311 e. The van der Waals surface area contributed by atoms with Crippen LogP contribution in [0, 0.1) is 12.3 Å². The summed E-state index contributed by atoms with van der Waals surface area (Å²) in [5.74, 6) is -1.08. The Balaban J connectivity index is 2.17. The van der Waals surface area contributed by atoms with E-state index in [2.05, 4.69) is 10.4 Å². The number of carbonyl (C=O) groups is 2. The molecule has 1 aromatic rings. The normalized spacial score (nSPS) is 26.2. The van der Waals surface area contributed by atoms with Crippen LogP contribution >= 0.6 is 0 Å². The van der Waals surface area contributed by atoms with Gasteiger partial charge in [0.1, 0.15) is 0 Å². The molecule has 6 nitrogen and oxygen atoms in total. The lowest BCUT2D eigenvalue weighted by atomic mass is 9.71. The Morgan fingerprint density at radius 3 is 2.75 bits per heavy atom. The third-order valence-corrected chi connectivity index (χ3v) is 4.48. The van der Waals surface area contributed by atoms with Gasteiger partial charge in [-0.05, 0) is 26.7 Å². The number of hydrogen-bond donors (Lipinski definition) is 2. The highest BCUT2D eigenvalue weighted by Crippen LogP contribution is 2.36. The van der Waals surface area contributed by atoms with E-state index < -0.39 is 11.4 Å². The molecule has 2 atom stereocenters. The largest absolute Gasteiger partial charge is 0.481 e. The van der Waals surface area contributed by atoms with E-state index in [0.717, 1.165) is 18.5 Å². The maximum absolute atomic E-state index is 12.3. The Bertz CT molecular complexity index is 538. The Morgan fingerprint density at radius 1 is 1.50 bits per heavy atom. The summed E-state index contributed by atoms with van der Waals surface area (Å²) in [6.07, 6.45) is 4.65. The van der Waals surface area contributed by atoms with Crippen molar-refractivity contribution in [3.63, 3.8) is 0 Å². The van der Waals surface area contributed by atoms with E-state index in [1.54, 1.807) is 18.7 Å². The highest BCUT2D eigenvalue weighted by atomic mass is 16.4. The molecule has 110 valence electrons. The van der Waals surface area contributed by atoms with Crippen LogP contribution in [0.15, 0.2) is 6.20 Å². The van der Waals surface area contributed by atoms with E-state index in [4.69, 9.17) is 0 Å². The van der Waals surface area contributed by atoms with Gasteiger partial charge >= 0.3 is 5.97 Å². The third kappa shape index (κ3) is 2.42.